The monoisotopic (exact) mass is 478 g/mol. The van der Waals surface area contributed by atoms with E-state index in [0.29, 0.717) is 0 Å². The predicted molar refractivity (Wildman–Crippen MR) is 114 cm³/mol. The second-order valence-electron chi connectivity index (χ2n) is 7.65. The van der Waals surface area contributed by atoms with Gasteiger partial charge in [-0.15, -0.1) is 0 Å². The summed E-state index contributed by atoms with van der Waals surface area (Å²) in [5.41, 5.74) is -1.14. The van der Waals surface area contributed by atoms with Crippen molar-refractivity contribution in [2.45, 2.75) is 30.7 Å². The van der Waals surface area contributed by atoms with E-state index in [1.165, 1.54) is 19.2 Å². The number of aliphatic hydroxyl groups is 3. The van der Waals surface area contributed by atoms with Gasteiger partial charge in [-0.1, -0.05) is 0 Å². The van der Waals surface area contributed by atoms with Crippen molar-refractivity contribution >= 4 is 11.0 Å². The Morgan fingerprint density at radius 2 is 1.71 bits per heavy atom. The summed E-state index contributed by atoms with van der Waals surface area (Å²) < 4.78 is 21.7. The molecule has 3 aromatic rings. The van der Waals surface area contributed by atoms with Gasteiger partial charge < -0.3 is 54.4 Å². The molecule has 12 heteroatoms. The van der Waals surface area contributed by atoms with Crippen LogP contribution in [-0.2, 0) is 9.47 Å². The third kappa shape index (κ3) is 3.97. The van der Waals surface area contributed by atoms with Crippen molar-refractivity contribution in [3.05, 3.63) is 40.6 Å². The number of hydrogen-bond donors (Lipinski definition) is 7. The summed E-state index contributed by atoms with van der Waals surface area (Å²) in [4.78, 5) is 12.7. The second-order valence-corrected chi connectivity index (χ2v) is 7.65. The lowest BCUT2D eigenvalue weighted by molar-refractivity contribution is -0.281. The van der Waals surface area contributed by atoms with Crippen LogP contribution in [0.2, 0.25) is 0 Å². The molecule has 0 unspecified atom stereocenters. The number of phenolic OH excluding ortho intramolecular Hbond substituents is 3. The Labute approximate surface area is 191 Å². The van der Waals surface area contributed by atoms with Crippen molar-refractivity contribution in [1.29, 1.82) is 0 Å². The Balaban J connectivity index is 1.75. The fraction of sp³-hybridized carbons (Fsp3) is 0.318. The molecule has 4 rings (SSSR count). The SMILES string of the molecule is CO[C@H]1[C@H](O)[C@@H](O)[C@H](Oc2cc(O)c3c(=O)c(O)c(-c4ccc(O)c(O)c4)oc3c2)O[C@@H]1CO. The molecular formula is C22H22O12. The van der Waals surface area contributed by atoms with E-state index in [1.807, 2.05) is 0 Å². The van der Waals surface area contributed by atoms with Gasteiger partial charge in [-0.25, -0.2) is 0 Å². The summed E-state index contributed by atoms with van der Waals surface area (Å²) in [5, 5.41) is 69.7. The summed E-state index contributed by atoms with van der Waals surface area (Å²) in [5.74, 6) is -2.89. The van der Waals surface area contributed by atoms with E-state index in [9.17, 15) is 40.5 Å². The molecule has 0 saturated carbocycles. The van der Waals surface area contributed by atoms with E-state index in [0.717, 1.165) is 18.2 Å². The van der Waals surface area contributed by atoms with Crippen LogP contribution in [0.5, 0.6) is 28.7 Å². The van der Waals surface area contributed by atoms with Crippen LogP contribution < -0.4 is 10.2 Å². The van der Waals surface area contributed by atoms with Gasteiger partial charge in [-0.2, -0.15) is 0 Å². The Bertz CT molecular complexity index is 1270. The van der Waals surface area contributed by atoms with Crippen molar-refractivity contribution in [2.24, 2.45) is 0 Å². The average molecular weight is 478 g/mol. The second kappa shape index (κ2) is 9.00. The van der Waals surface area contributed by atoms with Crippen molar-refractivity contribution < 1.29 is 54.4 Å². The Hall–Kier alpha value is -3.55. The molecule has 34 heavy (non-hydrogen) atoms. The summed E-state index contributed by atoms with van der Waals surface area (Å²) in [6, 6.07) is 5.67. The van der Waals surface area contributed by atoms with Gasteiger partial charge in [0.25, 0.3) is 0 Å². The molecule has 0 radical (unpaired) electrons. The minimum Gasteiger partial charge on any atom is -0.507 e. The molecule has 12 nitrogen and oxygen atoms in total. The highest BCUT2D eigenvalue weighted by molar-refractivity contribution is 5.88. The summed E-state index contributed by atoms with van der Waals surface area (Å²) in [7, 11) is 1.28. The molecule has 2 heterocycles. The predicted octanol–water partition coefficient (Wildman–Crippen LogP) is 0.115. The van der Waals surface area contributed by atoms with Gasteiger partial charge in [0.15, 0.2) is 17.3 Å². The normalized spacial score (nSPS) is 24.9. The number of ether oxygens (including phenoxy) is 3. The number of aromatic hydroxyl groups is 4. The Morgan fingerprint density at radius 1 is 0.971 bits per heavy atom. The van der Waals surface area contributed by atoms with Gasteiger partial charge >= 0.3 is 0 Å². The van der Waals surface area contributed by atoms with Crippen LogP contribution >= 0.6 is 0 Å². The number of methoxy groups -OCH3 is 1. The molecule has 7 N–H and O–H groups in total. The number of benzene rings is 2. The first kappa shape index (κ1) is 23.6. The summed E-state index contributed by atoms with van der Waals surface area (Å²) in [6.45, 7) is -0.540. The van der Waals surface area contributed by atoms with Crippen LogP contribution in [0, 0.1) is 0 Å². The molecule has 1 aliphatic rings. The fourth-order valence-corrected chi connectivity index (χ4v) is 3.77. The van der Waals surface area contributed by atoms with Gasteiger partial charge in [0.05, 0.1) is 6.61 Å². The zero-order valence-electron chi connectivity index (χ0n) is 17.7. The van der Waals surface area contributed by atoms with E-state index >= 15 is 0 Å². The van der Waals surface area contributed by atoms with Crippen molar-refractivity contribution in [1.82, 2.24) is 0 Å². The number of phenols is 3. The minimum atomic E-state index is -1.59. The zero-order valence-corrected chi connectivity index (χ0v) is 17.7. The van der Waals surface area contributed by atoms with Crippen LogP contribution in [0.1, 0.15) is 0 Å². The molecule has 1 aromatic heterocycles. The number of rotatable bonds is 5. The third-order valence-electron chi connectivity index (χ3n) is 5.51. The highest BCUT2D eigenvalue weighted by Crippen LogP contribution is 2.38. The Kier molecular flexibility index (Phi) is 6.25. The maximum atomic E-state index is 12.7. The largest absolute Gasteiger partial charge is 0.507 e. The van der Waals surface area contributed by atoms with Gasteiger partial charge in [0, 0.05) is 24.8 Å². The van der Waals surface area contributed by atoms with Crippen molar-refractivity contribution in [3.63, 3.8) is 0 Å². The molecule has 1 saturated heterocycles. The van der Waals surface area contributed by atoms with E-state index in [-0.39, 0.29) is 28.0 Å². The standard InChI is InChI=1S/C22H22O12/c1-31-21-14(7-23)34-22(19(30)18(21)29)32-9-5-12(26)15-13(6-9)33-20(17(28)16(15)27)8-2-3-10(24)11(25)4-8/h2-6,14,18-19,21-26,28-30H,7H2,1H3/t14-,18-,19-,21-,22-/m1/s1. The topological polar surface area (TPSA) is 200 Å². The van der Waals surface area contributed by atoms with Gasteiger partial charge in [0.1, 0.15) is 46.9 Å². The maximum Gasteiger partial charge on any atom is 0.238 e. The molecule has 0 spiro atoms. The van der Waals surface area contributed by atoms with Crippen LogP contribution in [0.15, 0.2) is 39.5 Å². The zero-order chi connectivity index (χ0) is 24.7. The first-order chi connectivity index (χ1) is 16.2. The molecular weight excluding hydrogens is 456 g/mol. The van der Waals surface area contributed by atoms with Crippen LogP contribution in [0.4, 0.5) is 0 Å². The minimum absolute atomic E-state index is 0.0585. The first-order valence-electron chi connectivity index (χ1n) is 10.0. The Morgan fingerprint density at radius 3 is 2.35 bits per heavy atom. The quantitative estimate of drug-likeness (QED) is 0.245. The van der Waals surface area contributed by atoms with Crippen LogP contribution in [0.3, 0.4) is 0 Å². The molecule has 0 aliphatic carbocycles. The van der Waals surface area contributed by atoms with E-state index in [4.69, 9.17) is 18.6 Å². The van der Waals surface area contributed by atoms with Gasteiger partial charge in [-0.05, 0) is 18.2 Å². The number of fused-ring (bicyclic) bond motifs is 1. The highest BCUT2D eigenvalue weighted by atomic mass is 16.7. The molecule has 1 aliphatic heterocycles. The number of aliphatic hydroxyl groups excluding tert-OH is 3. The smallest absolute Gasteiger partial charge is 0.238 e. The molecule has 182 valence electrons. The van der Waals surface area contributed by atoms with Crippen molar-refractivity contribution in [3.8, 4) is 40.1 Å². The van der Waals surface area contributed by atoms with Crippen LogP contribution in [-0.4, -0.2) is 80.2 Å². The summed E-state index contributed by atoms with van der Waals surface area (Å²) in [6.07, 6.45) is -6.57. The van der Waals surface area contributed by atoms with E-state index < -0.39 is 65.7 Å². The number of hydrogen-bond acceptors (Lipinski definition) is 12. The average Bonchev–Trinajstić information content (AvgIpc) is 2.80. The molecule has 0 amide bonds. The van der Waals surface area contributed by atoms with E-state index in [2.05, 4.69) is 0 Å². The van der Waals surface area contributed by atoms with Gasteiger partial charge in [-0.3, -0.25) is 4.79 Å². The lowest BCUT2D eigenvalue weighted by Gasteiger charge is -2.41. The molecule has 0 bridgehead atoms. The lowest BCUT2D eigenvalue weighted by Crippen LogP contribution is -2.60. The molecule has 5 atom stereocenters. The first-order valence-corrected chi connectivity index (χ1v) is 10.0. The summed E-state index contributed by atoms with van der Waals surface area (Å²) >= 11 is 0. The third-order valence-corrected chi connectivity index (χ3v) is 5.51. The maximum absolute atomic E-state index is 12.7. The highest BCUT2D eigenvalue weighted by Gasteiger charge is 2.45. The lowest BCUT2D eigenvalue weighted by atomic mass is 9.99. The fourth-order valence-electron chi connectivity index (χ4n) is 3.77. The molecule has 2 aromatic carbocycles. The van der Waals surface area contributed by atoms with Crippen molar-refractivity contribution in [2.75, 3.05) is 13.7 Å². The van der Waals surface area contributed by atoms with Crippen LogP contribution in [0.25, 0.3) is 22.3 Å². The van der Waals surface area contributed by atoms with E-state index in [1.54, 1.807) is 0 Å². The molecule has 1 fully saturated rings. The van der Waals surface area contributed by atoms with Gasteiger partial charge in [0.2, 0.25) is 17.5 Å².